The molecule has 1 aliphatic heterocycles. The van der Waals surface area contributed by atoms with Crippen LogP contribution in [-0.2, 0) is 20.9 Å². The zero-order valence-electron chi connectivity index (χ0n) is 17.5. The first-order valence-corrected chi connectivity index (χ1v) is 11.4. The average molecular weight is 587 g/mol. The number of ether oxygens (including phenoxy) is 3. The van der Waals surface area contributed by atoms with E-state index < -0.39 is 29.7 Å². The van der Waals surface area contributed by atoms with Gasteiger partial charge in [0.1, 0.15) is 5.76 Å². The summed E-state index contributed by atoms with van der Waals surface area (Å²) in [4.78, 5) is 48.8. The molecule has 1 aromatic heterocycles. The van der Waals surface area contributed by atoms with Gasteiger partial charge >= 0.3 is 11.9 Å². The number of carboxylic acids is 1. The summed E-state index contributed by atoms with van der Waals surface area (Å²) in [6, 6.07) is 6.18. The fourth-order valence-corrected chi connectivity index (χ4v) is 4.44. The molecule has 0 radical (unpaired) electrons. The van der Waals surface area contributed by atoms with Crippen molar-refractivity contribution >= 4 is 63.5 Å². The third kappa shape index (κ3) is 5.87. The largest absolute Gasteiger partial charge is 0.490 e. The molecule has 10 nitrogen and oxygen atoms in total. The van der Waals surface area contributed by atoms with E-state index in [0.717, 1.165) is 16.7 Å². The number of hydrogen-bond acceptors (Lipinski definition) is 9. The molecule has 0 saturated carbocycles. The fraction of sp³-hybridized carbons (Fsp3) is 0.238. The number of halogens is 1. The number of amides is 2. The van der Waals surface area contributed by atoms with E-state index in [4.69, 9.17) is 19.0 Å². The smallest absolute Gasteiger partial charge is 0.373 e. The fourth-order valence-electron chi connectivity index (χ4n) is 2.82. The molecular formula is C21H18INO9S. The second kappa shape index (κ2) is 10.7. The van der Waals surface area contributed by atoms with E-state index in [1.165, 1.54) is 19.2 Å². The summed E-state index contributed by atoms with van der Waals surface area (Å²) in [5.41, 5.74) is 0.571. The number of methoxy groups -OCH3 is 1. The molecule has 0 aliphatic carbocycles. The van der Waals surface area contributed by atoms with Crippen LogP contribution in [0.3, 0.4) is 0 Å². The number of aliphatic carboxylic acids is 1. The van der Waals surface area contributed by atoms with Gasteiger partial charge in [0.2, 0.25) is 5.76 Å². The molecule has 1 aromatic carbocycles. The summed E-state index contributed by atoms with van der Waals surface area (Å²) < 4.78 is 21.4. The van der Waals surface area contributed by atoms with Gasteiger partial charge in [0, 0.05) is 0 Å². The number of carboxylic acid groups (broad SMARTS) is 1. The number of imide groups is 1. The van der Waals surface area contributed by atoms with Crippen molar-refractivity contribution in [3.8, 4) is 11.5 Å². The van der Waals surface area contributed by atoms with Crippen molar-refractivity contribution in [2.24, 2.45) is 0 Å². The van der Waals surface area contributed by atoms with Crippen LogP contribution in [0.25, 0.3) is 6.08 Å². The number of carbonyl (C=O) groups is 4. The second-order valence-electron chi connectivity index (χ2n) is 6.47. The number of carbonyl (C=O) groups excluding carboxylic acids is 3. The summed E-state index contributed by atoms with van der Waals surface area (Å²) in [6.45, 7) is 1.42. The standard InChI is InChI=1S/C21H18INO9S/c1-3-30-15-7-11(6-13(22)18(15)31-10-17(24)25)8-16-19(26)23(21(28)33-16)9-12-4-5-14(32-12)20(27)29-2/h4-8H,3,9-10H2,1-2H3,(H,24,25)/b16-8+. The number of furan rings is 1. The van der Waals surface area contributed by atoms with Gasteiger partial charge in [-0.1, -0.05) is 0 Å². The van der Waals surface area contributed by atoms with E-state index in [1.807, 2.05) is 22.6 Å². The van der Waals surface area contributed by atoms with Crippen LogP contribution in [0.1, 0.15) is 28.8 Å². The maximum Gasteiger partial charge on any atom is 0.373 e. The van der Waals surface area contributed by atoms with Gasteiger partial charge in [-0.2, -0.15) is 0 Å². The Morgan fingerprint density at radius 3 is 2.67 bits per heavy atom. The quantitative estimate of drug-likeness (QED) is 0.263. The predicted octanol–water partition coefficient (Wildman–Crippen LogP) is 3.77. The maximum atomic E-state index is 12.8. The Kier molecular flexibility index (Phi) is 8.02. The molecule has 1 saturated heterocycles. The van der Waals surface area contributed by atoms with Crippen molar-refractivity contribution in [3.05, 3.63) is 49.8 Å². The zero-order chi connectivity index (χ0) is 24.1. The van der Waals surface area contributed by atoms with Crippen LogP contribution in [0.2, 0.25) is 0 Å². The first kappa shape index (κ1) is 24.6. The third-order valence-electron chi connectivity index (χ3n) is 4.21. The van der Waals surface area contributed by atoms with Crippen molar-refractivity contribution in [1.29, 1.82) is 0 Å². The molecule has 33 heavy (non-hydrogen) atoms. The number of rotatable bonds is 9. The normalized spacial score (nSPS) is 14.6. The topological polar surface area (TPSA) is 133 Å². The highest BCUT2D eigenvalue weighted by molar-refractivity contribution is 14.1. The molecule has 2 amide bonds. The van der Waals surface area contributed by atoms with Gasteiger partial charge in [-0.15, -0.1) is 0 Å². The lowest BCUT2D eigenvalue weighted by atomic mass is 10.2. The van der Waals surface area contributed by atoms with Crippen LogP contribution in [0.4, 0.5) is 4.79 Å². The molecule has 1 fully saturated rings. The predicted molar refractivity (Wildman–Crippen MR) is 125 cm³/mol. The molecule has 174 valence electrons. The van der Waals surface area contributed by atoms with Crippen LogP contribution in [0, 0.1) is 3.57 Å². The Bertz CT molecular complexity index is 1140. The Labute approximate surface area is 206 Å². The van der Waals surface area contributed by atoms with Crippen molar-refractivity contribution in [2.75, 3.05) is 20.3 Å². The van der Waals surface area contributed by atoms with Gasteiger partial charge in [0.25, 0.3) is 11.1 Å². The van der Waals surface area contributed by atoms with Crippen LogP contribution in [0.15, 0.2) is 33.6 Å². The van der Waals surface area contributed by atoms with E-state index in [0.29, 0.717) is 21.5 Å². The summed E-state index contributed by atoms with van der Waals surface area (Å²) in [5, 5.41) is 8.39. The van der Waals surface area contributed by atoms with Crippen molar-refractivity contribution < 1.29 is 42.9 Å². The Balaban J connectivity index is 1.82. The highest BCUT2D eigenvalue weighted by atomic mass is 127. The number of nitrogens with zero attached hydrogens (tertiary/aromatic N) is 1. The molecular weight excluding hydrogens is 569 g/mol. The minimum atomic E-state index is -1.12. The molecule has 0 bridgehead atoms. The third-order valence-corrected chi connectivity index (χ3v) is 5.91. The summed E-state index contributed by atoms with van der Waals surface area (Å²) in [5.74, 6) is -1.47. The van der Waals surface area contributed by atoms with Crippen LogP contribution in [0.5, 0.6) is 11.5 Å². The zero-order valence-corrected chi connectivity index (χ0v) is 20.4. The minimum Gasteiger partial charge on any atom is -0.490 e. The molecule has 3 rings (SSSR count). The number of esters is 1. The molecule has 12 heteroatoms. The van der Waals surface area contributed by atoms with E-state index in [-0.39, 0.29) is 28.7 Å². The number of benzene rings is 1. The average Bonchev–Trinajstić information content (AvgIpc) is 3.33. The highest BCUT2D eigenvalue weighted by Gasteiger charge is 2.36. The highest BCUT2D eigenvalue weighted by Crippen LogP contribution is 2.38. The van der Waals surface area contributed by atoms with Gasteiger partial charge in [-0.3, -0.25) is 14.5 Å². The first-order chi connectivity index (χ1) is 15.7. The van der Waals surface area contributed by atoms with Gasteiger partial charge in [0.15, 0.2) is 18.1 Å². The lowest BCUT2D eigenvalue weighted by molar-refractivity contribution is -0.139. The Morgan fingerprint density at radius 2 is 2.00 bits per heavy atom. The minimum absolute atomic E-state index is 0.0294. The maximum absolute atomic E-state index is 12.8. The lowest BCUT2D eigenvalue weighted by Crippen LogP contribution is -2.27. The molecule has 0 spiro atoms. The number of hydrogen-bond donors (Lipinski definition) is 1. The van der Waals surface area contributed by atoms with Crippen LogP contribution in [-0.4, -0.2) is 53.4 Å². The Morgan fingerprint density at radius 1 is 1.24 bits per heavy atom. The van der Waals surface area contributed by atoms with Crippen molar-refractivity contribution in [1.82, 2.24) is 4.90 Å². The van der Waals surface area contributed by atoms with Crippen molar-refractivity contribution in [3.63, 3.8) is 0 Å². The van der Waals surface area contributed by atoms with Crippen molar-refractivity contribution in [2.45, 2.75) is 13.5 Å². The Hall–Kier alpha value is -3.00. The number of thioether (sulfide) groups is 1. The lowest BCUT2D eigenvalue weighted by Gasteiger charge is -2.13. The van der Waals surface area contributed by atoms with Crippen LogP contribution >= 0.6 is 34.4 Å². The van der Waals surface area contributed by atoms with Gasteiger partial charge in [-0.05, 0) is 77.2 Å². The molecule has 2 aromatic rings. The molecule has 1 aliphatic rings. The molecule has 0 atom stereocenters. The van der Waals surface area contributed by atoms with E-state index in [9.17, 15) is 19.2 Å². The first-order valence-electron chi connectivity index (χ1n) is 9.46. The second-order valence-corrected chi connectivity index (χ2v) is 8.63. The summed E-state index contributed by atoms with van der Waals surface area (Å²) >= 11 is 2.75. The molecule has 1 N–H and O–H groups in total. The summed E-state index contributed by atoms with van der Waals surface area (Å²) in [6.07, 6.45) is 1.54. The van der Waals surface area contributed by atoms with Gasteiger partial charge in [-0.25, -0.2) is 9.59 Å². The molecule has 2 heterocycles. The molecule has 0 unspecified atom stereocenters. The van der Waals surface area contributed by atoms with Gasteiger partial charge in [0.05, 0.1) is 28.7 Å². The van der Waals surface area contributed by atoms with E-state index >= 15 is 0 Å². The SMILES string of the molecule is CCOc1cc(/C=C2/SC(=O)N(Cc3ccc(C(=O)OC)o3)C2=O)cc(I)c1OCC(=O)O. The monoisotopic (exact) mass is 587 g/mol. The van der Waals surface area contributed by atoms with E-state index in [2.05, 4.69) is 4.74 Å². The van der Waals surface area contributed by atoms with E-state index in [1.54, 1.807) is 25.1 Å². The van der Waals surface area contributed by atoms with Crippen LogP contribution < -0.4 is 9.47 Å². The summed E-state index contributed by atoms with van der Waals surface area (Å²) in [7, 11) is 1.22. The van der Waals surface area contributed by atoms with Gasteiger partial charge < -0.3 is 23.7 Å².